The molecule has 0 aliphatic rings. The molecule has 0 aromatic heterocycles. The molecule has 116 valence electrons. The molecule has 2 aromatic carbocycles. The monoisotopic (exact) mass is 371 g/mol. The molecule has 1 N–H and O–H groups in total. The van der Waals surface area contributed by atoms with Gasteiger partial charge in [-0.3, -0.25) is 4.79 Å². The summed E-state index contributed by atoms with van der Waals surface area (Å²) in [5.74, 6) is -0.754. The van der Waals surface area contributed by atoms with Gasteiger partial charge in [0.05, 0.1) is 17.2 Å². The summed E-state index contributed by atoms with van der Waals surface area (Å²) in [4.78, 5) is 12.2. The molecule has 0 radical (unpaired) electrons. The molecule has 2 rings (SSSR count). The predicted molar refractivity (Wildman–Crippen MR) is 81.5 cm³/mol. The Balaban J connectivity index is 2.25. The van der Waals surface area contributed by atoms with E-state index in [1.807, 2.05) is 12.1 Å². The zero-order valence-electron chi connectivity index (χ0n) is 11.6. The van der Waals surface area contributed by atoms with E-state index in [-0.39, 0.29) is 5.56 Å². The lowest BCUT2D eigenvalue weighted by molar-refractivity contribution is -0.137. The van der Waals surface area contributed by atoms with Gasteiger partial charge in [0.1, 0.15) is 0 Å². The number of carbonyl (C=O) groups excluding carboxylic acids is 1. The second-order valence-corrected chi connectivity index (χ2v) is 5.61. The molecule has 1 atom stereocenters. The van der Waals surface area contributed by atoms with Gasteiger partial charge in [-0.15, -0.1) is 0 Å². The Hall–Kier alpha value is -1.82. The molecule has 0 saturated carbocycles. The molecule has 22 heavy (non-hydrogen) atoms. The predicted octanol–water partition coefficient (Wildman–Crippen LogP) is 4.96. The third kappa shape index (κ3) is 3.68. The van der Waals surface area contributed by atoms with Crippen molar-refractivity contribution >= 4 is 21.8 Å². The molecule has 0 heterocycles. The Morgan fingerprint density at radius 1 is 1.09 bits per heavy atom. The lowest BCUT2D eigenvalue weighted by Gasteiger charge is -2.18. The van der Waals surface area contributed by atoms with Crippen LogP contribution in [0.2, 0.25) is 0 Å². The number of nitrogens with one attached hydrogen (secondary N) is 1. The first-order valence-electron chi connectivity index (χ1n) is 6.52. The van der Waals surface area contributed by atoms with Gasteiger partial charge in [-0.25, -0.2) is 0 Å². The quantitative estimate of drug-likeness (QED) is 0.811. The summed E-state index contributed by atoms with van der Waals surface area (Å²) in [6, 6.07) is 11.5. The van der Waals surface area contributed by atoms with Gasteiger partial charge in [0, 0.05) is 4.47 Å². The van der Waals surface area contributed by atoms with E-state index in [0.29, 0.717) is 0 Å². The van der Waals surface area contributed by atoms with E-state index < -0.39 is 23.7 Å². The van der Waals surface area contributed by atoms with Crippen LogP contribution in [0.1, 0.15) is 34.5 Å². The number of benzene rings is 2. The molecular weight excluding hydrogens is 359 g/mol. The Morgan fingerprint density at radius 2 is 1.68 bits per heavy atom. The maximum atomic E-state index is 12.9. The third-order valence-electron chi connectivity index (χ3n) is 3.20. The van der Waals surface area contributed by atoms with Crippen LogP contribution in [-0.4, -0.2) is 5.91 Å². The van der Waals surface area contributed by atoms with Crippen molar-refractivity contribution < 1.29 is 18.0 Å². The molecule has 1 amide bonds. The number of amides is 1. The summed E-state index contributed by atoms with van der Waals surface area (Å²) in [7, 11) is 0. The number of halogens is 4. The lowest BCUT2D eigenvalue weighted by atomic mass is 10.0. The van der Waals surface area contributed by atoms with Crippen molar-refractivity contribution in [3.63, 3.8) is 0 Å². The van der Waals surface area contributed by atoms with Crippen molar-refractivity contribution in [2.24, 2.45) is 0 Å². The largest absolute Gasteiger partial charge is 0.417 e. The van der Waals surface area contributed by atoms with Gasteiger partial charge < -0.3 is 5.32 Å². The highest BCUT2D eigenvalue weighted by atomic mass is 79.9. The summed E-state index contributed by atoms with van der Waals surface area (Å²) in [5, 5.41) is 2.60. The molecule has 0 aliphatic heterocycles. The van der Waals surface area contributed by atoms with Crippen molar-refractivity contribution in [1.82, 2.24) is 5.32 Å². The molecule has 6 heteroatoms. The van der Waals surface area contributed by atoms with Crippen LogP contribution in [0.5, 0.6) is 0 Å². The van der Waals surface area contributed by atoms with Gasteiger partial charge in [-0.05, 0) is 30.7 Å². The van der Waals surface area contributed by atoms with Crippen LogP contribution < -0.4 is 5.32 Å². The summed E-state index contributed by atoms with van der Waals surface area (Å²) >= 11 is 3.36. The summed E-state index contributed by atoms with van der Waals surface area (Å²) in [6.07, 6.45) is -4.56. The van der Waals surface area contributed by atoms with Gasteiger partial charge in [-0.2, -0.15) is 13.2 Å². The second kappa shape index (κ2) is 6.52. The second-order valence-electron chi connectivity index (χ2n) is 4.76. The van der Waals surface area contributed by atoms with Crippen LogP contribution in [0.25, 0.3) is 0 Å². The highest BCUT2D eigenvalue weighted by Gasteiger charge is 2.35. The van der Waals surface area contributed by atoms with Crippen molar-refractivity contribution in [3.8, 4) is 0 Å². The van der Waals surface area contributed by atoms with Crippen LogP contribution in [0.15, 0.2) is 53.0 Å². The van der Waals surface area contributed by atoms with Gasteiger partial charge in [0.2, 0.25) is 0 Å². The lowest BCUT2D eigenvalue weighted by Crippen LogP contribution is -2.29. The summed E-state index contributed by atoms with van der Waals surface area (Å²) in [6.45, 7) is 1.72. The van der Waals surface area contributed by atoms with Crippen LogP contribution >= 0.6 is 15.9 Å². The summed E-state index contributed by atoms with van der Waals surface area (Å²) < 4.78 is 39.6. The third-order valence-corrected chi connectivity index (χ3v) is 3.92. The van der Waals surface area contributed by atoms with Crippen molar-refractivity contribution in [2.75, 3.05) is 0 Å². The van der Waals surface area contributed by atoms with Gasteiger partial charge >= 0.3 is 6.18 Å². The molecule has 0 spiro atoms. The Labute approximate surface area is 134 Å². The first kappa shape index (κ1) is 16.5. The molecule has 1 unspecified atom stereocenters. The van der Waals surface area contributed by atoms with Crippen LogP contribution in [-0.2, 0) is 6.18 Å². The molecule has 0 aliphatic carbocycles. The SMILES string of the molecule is CC(NC(=O)c1ccccc1C(F)(F)F)c1ccccc1Br. The van der Waals surface area contributed by atoms with E-state index in [0.717, 1.165) is 16.1 Å². The molecule has 2 aromatic rings. The molecule has 0 saturated heterocycles. The number of alkyl halides is 3. The van der Waals surface area contributed by atoms with Crippen LogP contribution in [0.3, 0.4) is 0 Å². The fraction of sp³-hybridized carbons (Fsp3) is 0.188. The smallest absolute Gasteiger partial charge is 0.345 e. The van der Waals surface area contributed by atoms with E-state index in [2.05, 4.69) is 21.2 Å². The fourth-order valence-electron chi connectivity index (χ4n) is 2.11. The Kier molecular flexibility index (Phi) is 4.90. The van der Waals surface area contributed by atoms with Crippen LogP contribution in [0, 0.1) is 0 Å². The highest BCUT2D eigenvalue weighted by Crippen LogP contribution is 2.32. The molecular formula is C16H13BrF3NO. The fourth-order valence-corrected chi connectivity index (χ4v) is 2.73. The molecule has 0 fully saturated rings. The Morgan fingerprint density at radius 3 is 2.32 bits per heavy atom. The molecule has 0 bridgehead atoms. The maximum absolute atomic E-state index is 12.9. The first-order valence-corrected chi connectivity index (χ1v) is 7.31. The van der Waals surface area contributed by atoms with Crippen molar-refractivity contribution in [3.05, 3.63) is 69.7 Å². The van der Waals surface area contributed by atoms with Gasteiger partial charge in [-0.1, -0.05) is 46.3 Å². The van der Waals surface area contributed by atoms with E-state index in [1.54, 1.807) is 19.1 Å². The first-order chi connectivity index (χ1) is 10.3. The maximum Gasteiger partial charge on any atom is 0.417 e. The van der Waals surface area contributed by atoms with E-state index in [9.17, 15) is 18.0 Å². The van der Waals surface area contributed by atoms with E-state index in [4.69, 9.17) is 0 Å². The minimum Gasteiger partial charge on any atom is -0.345 e. The van der Waals surface area contributed by atoms with Gasteiger partial charge in [0.25, 0.3) is 5.91 Å². The average Bonchev–Trinajstić information content (AvgIpc) is 2.46. The van der Waals surface area contributed by atoms with E-state index in [1.165, 1.54) is 18.2 Å². The average molecular weight is 372 g/mol. The number of carbonyl (C=O) groups is 1. The highest BCUT2D eigenvalue weighted by molar-refractivity contribution is 9.10. The molecule has 2 nitrogen and oxygen atoms in total. The minimum atomic E-state index is -4.56. The Bertz CT molecular complexity index is 685. The topological polar surface area (TPSA) is 29.1 Å². The zero-order chi connectivity index (χ0) is 16.3. The van der Waals surface area contributed by atoms with Crippen molar-refractivity contribution in [2.45, 2.75) is 19.1 Å². The normalized spacial score (nSPS) is 12.8. The van der Waals surface area contributed by atoms with Crippen LogP contribution in [0.4, 0.5) is 13.2 Å². The van der Waals surface area contributed by atoms with E-state index >= 15 is 0 Å². The number of rotatable bonds is 3. The standard InChI is InChI=1S/C16H13BrF3NO/c1-10(11-6-3-5-9-14(11)17)21-15(22)12-7-2-4-8-13(12)16(18,19)20/h2-10H,1H3,(H,21,22). The zero-order valence-corrected chi connectivity index (χ0v) is 13.2. The summed E-state index contributed by atoms with van der Waals surface area (Å²) in [5.41, 5.74) is -0.527. The van der Waals surface area contributed by atoms with Crippen molar-refractivity contribution in [1.29, 1.82) is 0 Å². The van der Waals surface area contributed by atoms with Gasteiger partial charge in [0.15, 0.2) is 0 Å². The minimum absolute atomic E-state index is 0.381. The number of hydrogen-bond donors (Lipinski definition) is 1. The number of hydrogen-bond acceptors (Lipinski definition) is 1.